The van der Waals surface area contributed by atoms with Gasteiger partial charge in [-0.15, -0.1) is 11.8 Å². The summed E-state index contributed by atoms with van der Waals surface area (Å²) in [6.45, 7) is 2.53. The SMILES string of the molecule is CSc1c(C(=O)c2ccc(C)cc2)c2cc(O)c(O)cc2n1Cc1ccccc1. The predicted octanol–water partition coefficient (Wildman–Crippen LogP) is 5.36. The van der Waals surface area contributed by atoms with Crippen LogP contribution in [-0.4, -0.2) is 26.8 Å². The highest BCUT2D eigenvalue weighted by atomic mass is 32.2. The molecule has 0 aliphatic carbocycles. The third-order valence-corrected chi connectivity index (χ3v) is 5.84. The Balaban J connectivity index is 1.96. The van der Waals surface area contributed by atoms with E-state index >= 15 is 0 Å². The van der Waals surface area contributed by atoms with Gasteiger partial charge in [0.2, 0.25) is 0 Å². The van der Waals surface area contributed by atoms with E-state index < -0.39 is 0 Å². The highest BCUT2D eigenvalue weighted by molar-refractivity contribution is 7.98. The van der Waals surface area contributed by atoms with Crippen molar-refractivity contribution in [2.75, 3.05) is 6.26 Å². The van der Waals surface area contributed by atoms with Crippen LogP contribution in [0.4, 0.5) is 0 Å². The van der Waals surface area contributed by atoms with Crippen molar-refractivity contribution < 1.29 is 15.0 Å². The maximum atomic E-state index is 13.4. The monoisotopic (exact) mass is 403 g/mol. The van der Waals surface area contributed by atoms with Gasteiger partial charge in [-0.2, -0.15) is 0 Å². The van der Waals surface area contributed by atoms with Crippen molar-refractivity contribution in [3.8, 4) is 11.5 Å². The van der Waals surface area contributed by atoms with Gasteiger partial charge in [-0.25, -0.2) is 0 Å². The molecule has 2 N–H and O–H groups in total. The number of hydrogen-bond donors (Lipinski definition) is 2. The van der Waals surface area contributed by atoms with Gasteiger partial charge >= 0.3 is 0 Å². The molecule has 4 aromatic rings. The zero-order valence-corrected chi connectivity index (χ0v) is 17.0. The number of aromatic nitrogens is 1. The zero-order valence-electron chi connectivity index (χ0n) is 16.2. The van der Waals surface area contributed by atoms with Crippen molar-refractivity contribution >= 4 is 28.4 Å². The number of nitrogens with zero attached hydrogens (tertiary/aromatic N) is 1. The van der Waals surface area contributed by atoms with Gasteiger partial charge in [0, 0.05) is 23.6 Å². The number of aryl methyl sites for hydroxylation is 1. The van der Waals surface area contributed by atoms with Gasteiger partial charge < -0.3 is 14.8 Å². The van der Waals surface area contributed by atoms with E-state index in [0.717, 1.165) is 16.2 Å². The van der Waals surface area contributed by atoms with Crippen molar-refractivity contribution in [3.63, 3.8) is 0 Å². The quantitative estimate of drug-likeness (QED) is 0.267. The number of carbonyl (C=O) groups is 1. The predicted molar refractivity (Wildman–Crippen MR) is 117 cm³/mol. The lowest BCUT2D eigenvalue weighted by Crippen LogP contribution is -2.05. The van der Waals surface area contributed by atoms with E-state index in [2.05, 4.69) is 0 Å². The Morgan fingerprint density at radius 2 is 1.62 bits per heavy atom. The van der Waals surface area contributed by atoms with Gasteiger partial charge in [-0.1, -0.05) is 60.2 Å². The Bertz CT molecular complexity index is 1190. The maximum Gasteiger partial charge on any atom is 0.196 e. The number of fused-ring (bicyclic) bond motifs is 1. The van der Waals surface area contributed by atoms with Crippen LogP contribution in [0.3, 0.4) is 0 Å². The van der Waals surface area contributed by atoms with E-state index in [-0.39, 0.29) is 17.3 Å². The number of benzene rings is 3. The lowest BCUT2D eigenvalue weighted by Gasteiger charge is -2.10. The Morgan fingerprint density at radius 3 is 2.28 bits per heavy atom. The highest BCUT2D eigenvalue weighted by Crippen LogP contribution is 2.39. The first-order chi connectivity index (χ1) is 14.0. The molecule has 0 aliphatic heterocycles. The first-order valence-corrected chi connectivity index (χ1v) is 10.5. The van der Waals surface area contributed by atoms with Crippen LogP contribution in [0.15, 0.2) is 71.8 Å². The van der Waals surface area contributed by atoms with Crippen LogP contribution in [0.25, 0.3) is 10.9 Å². The average Bonchev–Trinajstić information content (AvgIpc) is 3.01. The number of rotatable bonds is 5. The second kappa shape index (κ2) is 7.68. The van der Waals surface area contributed by atoms with E-state index in [1.54, 1.807) is 0 Å². The first-order valence-electron chi connectivity index (χ1n) is 9.27. The van der Waals surface area contributed by atoms with Crippen molar-refractivity contribution in [3.05, 3.63) is 89.0 Å². The number of carbonyl (C=O) groups excluding carboxylic acids is 1. The number of ketones is 1. The number of hydrogen-bond acceptors (Lipinski definition) is 4. The van der Waals surface area contributed by atoms with Gasteiger partial charge in [0.05, 0.1) is 16.1 Å². The van der Waals surface area contributed by atoms with Crippen molar-refractivity contribution in [2.45, 2.75) is 18.5 Å². The molecule has 29 heavy (non-hydrogen) atoms. The van der Waals surface area contributed by atoms with Crippen LogP contribution >= 0.6 is 11.8 Å². The van der Waals surface area contributed by atoms with Crippen molar-refractivity contribution in [2.24, 2.45) is 0 Å². The lowest BCUT2D eigenvalue weighted by atomic mass is 10.0. The Kier molecular flexibility index (Phi) is 5.07. The van der Waals surface area contributed by atoms with Crippen molar-refractivity contribution in [1.82, 2.24) is 4.57 Å². The van der Waals surface area contributed by atoms with Crippen LogP contribution in [-0.2, 0) is 6.54 Å². The molecule has 0 spiro atoms. The maximum absolute atomic E-state index is 13.4. The topological polar surface area (TPSA) is 62.5 Å². The first kappa shape index (κ1) is 19.2. The molecule has 0 radical (unpaired) electrons. The molecule has 4 nitrogen and oxygen atoms in total. The molecule has 0 saturated heterocycles. The van der Waals surface area contributed by atoms with E-state index in [0.29, 0.717) is 28.6 Å². The molecule has 0 amide bonds. The van der Waals surface area contributed by atoms with Gasteiger partial charge in [0.25, 0.3) is 0 Å². The third kappa shape index (κ3) is 3.49. The minimum Gasteiger partial charge on any atom is -0.504 e. The molecule has 0 unspecified atom stereocenters. The van der Waals surface area contributed by atoms with Crippen LogP contribution < -0.4 is 0 Å². The molecule has 0 aliphatic rings. The Morgan fingerprint density at radius 1 is 0.966 bits per heavy atom. The normalized spacial score (nSPS) is 11.1. The Labute approximate surface area is 173 Å². The fourth-order valence-corrected chi connectivity index (χ4v) is 4.34. The van der Waals surface area contributed by atoms with E-state index in [1.165, 1.54) is 23.9 Å². The fraction of sp³-hybridized carbons (Fsp3) is 0.125. The van der Waals surface area contributed by atoms with Gasteiger partial charge in [0.15, 0.2) is 17.3 Å². The number of thioether (sulfide) groups is 1. The van der Waals surface area contributed by atoms with Crippen LogP contribution in [0.5, 0.6) is 11.5 Å². The second-order valence-electron chi connectivity index (χ2n) is 7.01. The summed E-state index contributed by atoms with van der Waals surface area (Å²) in [6, 6.07) is 20.4. The average molecular weight is 404 g/mol. The standard InChI is InChI=1S/C24H21NO3S/c1-15-8-10-17(11-9-15)23(28)22-18-12-20(26)21(27)13-19(18)25(24(22)29-2)14-16-6-4-3-5-7-16/h3-13,26-27H,14H2,1-2H3. The molecule has 0 fully saturated rings. The minimum atomic E-state index is -0.236. The molecular formula is C24H21NO3S. The summed E-state index contributed by atoms with van der Waals surface area (Å²) in [5.74, 6) is -0.539. The summed E-state index contributed by atoms with van der Waals surface area (Å²) < 4.78 is 2.02. The third-order valence-electron chi connectivity index (χ3n) is 5.03. The Hall–Kier alpha value is -3.18. The van der Waals surface area contributed by atoms with E-state index in [9.17, 15) is 15.0 Å². The molecule has 3 aromatic carbocycles. The molecule has 146 valence electrons. The molecule has 1 aromatic heterocycles. The molecule has 5 heteroatoms. The number of phenolic OH excluding ortho intramolecular Hbond substituents is 2. The lowest BCUT2D eigenvalue weighted by molar-refractivity contribution is 0.103. The molecule has 1 heterocycles. The summed E-state index contributed by atoms with van der Waals surface area (Å²) in [4.78, 5) is 13.4. The largest absolute Gasteiger partial charge is 0.504 e. The van der Waals surface area contributed by atoms with Gasteiger partial charge in [-0.05, 0) is 24.8 Å². The number of phenols is 2. The molecule has 0 atom stereocenters. The van der Waals surface area contributed by atoms with Gasteiger partial charge in [-0.3, -0.25) is 4.79 Å². The summed E-state index contributed by atoms with van der Waals surface area (Å²) in [5.41, 5.74) is 4.02. The fourth-order valence-electron chi connectivity index (χ4n) is 3.55. The van der Waals surface area contributed by atoms with Gasteiger partial charge in [0.1, 0.15) is 0 Å². The van der Waals surface area contributed by atoms with Crippen molar-refractivity contribution in [1.29, 1.82) is 0 Å². The van der Waals surface area contributed by atoms with Crippen LogP contribution in [0, 0.1) is 6.92 Å². The molecule has 0 saturated carbocycles. The molecule has 4 rings (SSSR count). The zero-order chi connectivity index (χ0) is 20.5. The van der Waals surface area contributed by atoms with Crippen LogP contribution in [0.1, 0.15) is 27.0 Å². The molecule has 0 bridgehead atoms. The van der Waals surface area contributed by atoms with E-state index in [1.807, 2.05) is 72.3 Å². The summed E-state index contributed by atoms with van der Waals surface area (Å²) >= 11 is 1.48. The number of aromatic hydroxyl groups is 2. The summed E-state index contributed by atoms with van der Waals surface area (Å²) in [6.07, 6.45) is 1.93. The minimum absolute atomic E-state index is 0.101. The smallest absolute Gasteiger partial charge is 0.196 e. The summed E-state index contributed by atoms with van der Waals surface area (Å²) in [7, 11) is 0. The summed E-state index contributed by atoms with van der Waals surface area (Å²) in [5, 5.41) is 21.7. The van der Waals surface area contributed by atoms with E-state index in [4.69, 9.17) is 0 Å². The second-order valence-corrected chi connectivity index (χ2v) is 7.80. The molecular weight excluding hydrogens is 382 g/mol. The highest BCUT2D eigenvalue weighted by Gasteiger charge is 2.24. The van der Waals surface area contributed by atoms with Crippen LogP contribution in [0.2, 0.25) is 0 Å².